The van der Waals surface area contributed by atoms with Crippen LogP contribution in [0.3, 0.4) is 0 Å². The molecule has 1 heterocycles. The number of hydrogen-bond acceptors (Lipinski definition) is 5. The van der Waals surface area contributed by atoms with Crippen LogP contribution in [0.4, 0.5) is 5.69 Å². The lowest BCUT2D eigenvalue weighted by molar-refractivity contribution is -0.122. The van der Waals surface area contributed by atoms with Crippen molar-refractivity contribution >= 4 is 54.8 Å². The van der Waals surface area contributed by atoms with Crippen LogP contribution < -0.4 is 10.0 Å². The van der Waals surface area contributed by atoms with Gasteiger partial charge in [0.25, 0.3) is 5.91 Å². The number of amides is 2. The van der Waals surface area contributed by atoms with Crippen molar-refractivity contribution in [3.8, 4) is 0 Å². The van der Waals surface area contributed by atoms with Gasteiger partial charge in [-0.1, -0.05) is 18.2 Å². The Balaban J connectivity index is 2.02. The molecule has 2 aromatic rings. The van der Waals surface area contributed by atoms with Crippen LogP contribution in [0.15, 0.2) is 40.2 Å². The molecule has 0 radical (unpaired) electrons. The highest BCUT2D eigenvalue weighted by Crippen LogP contribution is 2.24. The minimum atomic E-state index is -3.44. The van der Waals surface area contributed by atoms with E-state index in [9.17, 15) is 18.0 Å². The highest BCUT2D eigenvalue weighted by molar-refractivity contribution is 9.11. The molecule has 1 atom stereocenters. The molecule has 0 saturated heterocycles. The minimum Gasteiger partial charge on any atom is -0.348 e. The minimum absolute atomic E-state index is 0.111. The second-order valence-electron chi connectivity index (χ2n) is 6.02. The number of rotatable bonds is 7. The zero-order chi connectivity index (χ0) is 20.2. The second-order valence-corrected chi connectivity index (χ2v) is 10.2. The van der Waals surface area contributed by atoms with Gasteiger partial charge in [-0.15, -0.1) is 11.3 Å². The fourth-order valence-corrected chi connectivity index (χ4v) is 4.40. The fraction of sp³-hybridized carbons (Fsp3) is 0.294. The standard InChI is InChI=1S/C17H20BrN3O4S2/c1-11(12-6-4-5-7-13(12)20-27(3,24)25)19-16(22)10-21(2)17(23)14-8-9-15(18)26-14/h4-9,11,20H,10H2,1-3H3,(H,19,22). The Morgan fingerprint density at radius 1 is 1.22 bits per heavy atom. The molecular formula is C17H20BrN3O4S2. The molecule has 0 bridgehead atoms. The third kappa shape index (κ3) is 6.33. The molecule has 27 heavy (non-hydrogen) atoms. The molecule has 0 aliphatic carbocycles. The van der Waals surface area contributed by atoms with E-state index in [0.717, 1.165) is 10.0 Å². The van der Waals surface area contributed by atoms with E-state index in [2.05, 4.69) is 26.0 Å². The molecule has 0 fully saturated rings. The van der Waals surface area contributed by atoms with Gasteiger partial charge in [0.1, 0.15) is 0 Å². The molecule has 1 aromatic heterocycles. The van der Waals surface area contributed by atoms with Crippen molar-refractivity contribution in [1.29, 1.82) is 0 Å². The number of benzene rings is 1. The van der Waals surface area contributed by atoms with E-state index >= 15 is 0 Å². The molecular weight excluding hydrogens is 454 g/mol. The number of nitrogens with zero attached hydrogens (tertiary/aromatic N) is 1. The van der Waals surface area contributed by atoms with Crippen molar-refractivity contribution in [2.24, 2.45) is 0 Å². The van der Waals surface area contributed by atoms with Crippen LogP contribution >= 0.6 is 27.3 Å². The second kappa shape index (κ2) is 8.85. The largest absolute Gasteiger partial charge is 0.348 e. The maximum absolute atomic E-state index is 12.3. The summed E-state index contributed by atoms with van der Waals surface area (Å²) in [6.07, 6.45) is 1.07. The van der Waals surface area contributed by atoms with Crippen molar-refractivity contribution in [1.82, 2.24) is 10.2 Å². The van der Waals surface area contributed by atoms with Crippen molar-refractivity contribution in [3.05, 3.63) is 50.6 Å². The van der Waals surface area contributed by atoms with E-state index in [1.807, 2.05) is 0 Å². The first-order valence-electron chi connectivity index (χ1n) is 7.93. The maximum atomic E-state index is 12.3. The quantitative estimate of drug-likeness (QED) is 0.645. The third-order valence-corrected chi connectivity index (χ3v) is 5.81. The van der Waals surface area contributed by atoms with E-state index in [1.165, 1.54) is 16.2 Å². The molecule has 0 saturated carbocycles. The van der Waals surface area contributed by atoms with E-state index < -0.39 is 16.1 Å². The predicted octanol–water partition coefficient (Wildman–Crippen LogP) is 2.83. The van der Waals surface area contributed by atoms with Gasteiger partial charge in [-0.05, 0) is 46.6 Å². The van der Waals surface area contributed by atoms with E-state index in [-0.39, 0.29) is 18.4 Å². The highest BCUT2D eigenvalue weighted by Gasteiger charge is 2.19. The lowest BCUT2D eigenvalue weighted by atomic mass is 10.1. The average molecular weight is 474 g/mol. The summed E-state index contributed by atoms with van der Waals surface area (Å²) in [5.41, 5.74) is 1.04. The van der Waals surface area contributed by atoms with Gasteiger partial charge in [-0.3, -0.25) is 14.3 Å². The van der Waals surface area contributed by atoms with Crippen LogP contribution in [-0.2, 0) is 14.8 Å². The molecule has 0 spiro atoms. The number of sulfonamides is 1. The summed E-state index contributed by atoms with van der Waals surface area (Å²) < 4.78 is 26.3. The smallest absolute Gasteiger partial charge is 0.264 e. The molecule has 2 rings (SSSR count). The number of carbonyl (C=O) groups is 2. The SMILES string of the molecule is CC(NC(=O)CN(C)C(=O)c1ccc(Br)s1)c1ccccc1NS(C)(=O)=O. The predicted molar refractivity (Wildman–Crippen MR) is 110 cm³/mol. The molecule has 2 N–H and O–H groups in total. The van der Waals surface area contributed by atoms with Crippen molar-refractivity contribution in [2.45, 2.75) is 13.0 Å². The molecule has 1 unspecified atom stereocenters. The number of halogens is 1. The van der Waals surface area contributed by atoms with Gasteiger partial charge >= 0.3 is 0 Å². The first kappa shape index (κ1) is 21.4. The Morgan fingerprint density at radius 2 is 1.89 bits per heavy atom. The summed E-state index contributed by atoms with van der Waals surface area (Å²) in [5.74, 6) is -0.587. The number of carbonyl (C=O) groups excluding carboxylic acids is 2. The van der Waals surface area contributed by atoms with Crippen LogP contribution in [0.2, 0.25) is 0 Å². The molecule has 2 amide bonds. The topological polar surface area (TPSA) is 95.6 Å². The molecule has 7 nitrogen and oxygen atoms in total. The molecule has 146 valence electrons. The third-order valence-electron chi connectivity index (χ3n) is 3.61. The average Bonchev–Trinajstić information content (AvgIpc) is 2.99. The number of thiophene rings is 1. The Kier molecular flexibility index (Phi) is 7.01. The molecule has 10 heteroatoms. The Labute approximate surface area is 170 Å². The maximum Gasteiger partial charge on any atom is 0.264 e. The Hall–Kier alpha value is -1.91. The fourth-order valence-electron chi connectivity index (χ4n) is 2.44. The summed E-state index contributed by atoms with van der Waals surface area (Å²) in [7, 11) is -1.88. The van der Waals surface area contributed by atoms with Gasteiger partial charge in [0.2, 0.25) is 15.9 Å². The lowest BCUT2D eigenvalue weighted by Gasteiger charge is -2.21. The van der Waals surface area contributed by atoms with Crippen LogP contribution in [0.1, 0.15) is 28.2 Å². The Morgan fingerprint density at radius 3 is 2.48 bits per heavy atom. The first-order chi connectivity index (χ1) is 12.6. The zero-order valence-electron chi connectivity index (χ0n) is 15.0. The lowest BCUT2D eigenvalue weighted by Crippen LogP contribution is -2.39. The number of para-hydroxylation sites is 1. The van der Waals surface area contributed by atoms with Gasteiger partial charge in [0, 0.05) is 7.05 Å². The molecule has 0 aliphatic heterocycles. The van der Waals surface area contributed by atoms with Gasteiger partial charge in [0.15, 0.2) is 0 Å². The molecule has 1 aromatic carbocycles. The first-order valence-corrected chi connectivity index (χ1v) is 11.4. The van der Waals surface area contributed by atoms with E-state index in [1.54, 1.807) is 50.4 Å². The van der Waals surface area contributed by atoms with Crippen molar-refractivity contribution in [2.75, 3.05) is 24.6 Å². The molecule has 0 aliphatic rings. The summed E-state index contributed by atoms with van der Waals surface area (Å²) in [5, 5.41) is 2.79. The number of nitrogens with one attached hydrogen (secondary N) is 2. The summed E-state index contributed by atoms with van der Waals surface area (Å²) in [6.45, 7) is 1.64. The van der Waals surface area contributed by atoms with Gasteiger partial charge < -0.3 is 10.2 Å². The van der Waals surface area contributed by atoms with E-state index in [0.29, 0.717) is 16.1 Å². The van der Waals surface area contributed by atoms with Crippen LogP contribution in [-0.4, -0.2) is 45.0 Å². The van der Waals surface area contributed by atoms with Gasteiger partial charge in [-0.2, -0.15) is 0 Å². The van der Waals surface area contributed by atoms with Gasteiger partial charge in [-0.25, -0.2) is 8.42 Å². The monoisotopic (exact) mass is 473 g/mol. The van der Waals surface area contributed by atoms with Gasteiger partial charge in [0.05, 0.1) is 33.2 Å². The number of likely N-dealkylation sites (N-methyl/N-ethyl adjacent to an activating group) is 1. The van der Waals surface area contributed by atoms with Crippen LogP contribution in [0.5, 0.6) is 0 Å². The number of hydrogen-bond donors (Lipinski definition) is 2. The summed E-state index contributed by atoms with van der Waals surface area (Å²) in [6, 6.07) is 9.86. The van der Waals surface area contributed by atoms with Crippen LogP contribution in [0.25, 0.3) is 0 Å². The van der Waals surface area contributed by atoms with Crippen molar-refractivity contribution < 1.29 is 18.0 Å². The number of anilines is 1. The van der Waals surface area contributed by atoms with Crippen LogP contribution in [0, 0.1) is 0 Å². The summed E-state index contributed by atoms with van der Waals surface area (Å²) >= 11 is 4.60. The Bertz CT molecular complexity index is 943. The zero-order valence-corrected chi connectivity index (χ0v) is 18.2. The summed E-state index contributed by atoms with van der Waals surface area (Å²) in [4.78, 5) is 26.5. The highest BCUT2D eigenvalue weighted by atomic mass is 79.9. The van der Waals surface area contributed by atoms with Crippen molar-refractivity contribution in [3.63, 3.8) is 0 Å². The van der Waals surface area contributed by atoms with E-state index in [4.69, 9.17) is 0 Å². The normalized spacial score (nSPS) is 12.3.